The zero-order valence-electron chi connectivity index (χ0n) is 5.43. The summed E-state index contributed by atoms with van der Waals surface area (Å²) in [7, 11) is 0. The van der Waals surface area contributed by atoms with E-state index in [9.17, 15) is 30.7 Å². The lowest BCUT2D eigenvalue weighted by Crippen LogP contribution is -2.48. The van der Waals surface area contributed by atoms with Crippen LogP contribution in [0.1, 0.15) is 0 Å². The second kappa shape index (κ2) is 3.23. The molecule has 0 atom stereocenters. The van der Waals surface area contributed by atoms with Crippen LogP contribution in [0.4, 0.5) is 30.7 Å². The third kappa shape index (κ3) is 2.67. The average molecular weight is 249 g/mol. The van der Waals surface area contributed by atoms with Gasteiger partial charge in [-0.2, -0.15) is 30.7 Å². The molecule has 0 aliphatic carbocycles. The lowest BCUT2D eigenvalue weighted by Gasteiger charge is -2.22. The van der Waals surface area contributed by atoms with Gasteiger partial charge in [0.05, 0.1) is 0 Å². The van der Waals surface area contributed by atoms with Gasteiger partial charge in [-0.1, -0.05) is 12.2 Å². The van der Waals surface area contributed by atoms with Gasteiger partial charge in [0, 0.05) is 0 Å². The Bertz CT molecular complexity index is 214. The highest BCUT2D eigenvalue weighted by Crippen LogP contribution is 2.42. The molecule has 0 aromatic rings. The lowest BCUT2D eigenvalue weighted by atomic mass is 10.2. The maximum Gasteiger partial charge on any atom is 0.428 e. The van der Waals surface area contributed by atoms with E-state index in [1.54, 1.807) is 0 Å². The Hall–Kier alpha value is -0.110. The number of hydrogen-bond donors (Lipinski definition) is 0. The molecule has 0 rings (SSSR count). The van der Waals surface area contributed by atoms with Gasteiger partial charge in [0.1, 0.15) is 0 Å². The van der Waals surface area contributed by atoms with Crippen LogP contribution in [-0.4, -0.2) is 22.3 Å². The first kappa shape index (κ1) is 12.9. The number of alkyl halides is 8. The van der Waals surface area contributed by atoms with E-state index in [4.69, 9.17) is 0 Å². The first-order chi connectivity index (χ1) is 5.40. The molecule has 0 saturated heterocycles. The zero-order valence-corrected chi connectivity index (χ0v) is 7.00. The number of rotatable bonds is 2. The summed E-state index contributed by atoms with van der Waals surface area (Å²) in [6.45, 7) is 0. The van der Waals surface area contributed by atoms with Gasteiger partial charge in [-0.15, -0.1) is 0 Å². The summed E-state index contributed by atoms with van der Waals surface area (Å²) in [4.78, 5) is -3.04. The summed E-state index contributed by atoms with van der Waals surface area (Å²) in [6.07, 6.45) is -5.68. The molecule has 0 fully saturated rings. The molecule has 0 aromatic heterocycles. The van der Waals surface area contributed by atoms with Crippen LogP contribution in [0.5, 0.6) is 0 Å². The van der Waals surface area contributed by atoms with Crippen LogP contribution >= 0.6 is 23.8 Å². The third-order valence-electron chi connectivity index (χ3n) is 0.899. The Balaban J connectivity index is 4.98. The van der Waals surface area contributed by atoms with E-state index in [1.807, 2.05) is 0 Å². The van der Waals surface area contributed by atoms with Crippen LogP contribution in [0.15, 0.2) is 0 Å². The Morgan fingerprint density at radius 3 is 1.31 bits per heavy atom. The molecule has 0 nitrogen and oxygen atoms in total. The summed E-state index contributed by atoms with van der Waals surface area (Å²) in [5.41, 5.74) is 0. The van der Waals surface area contributed by atoms with Crippen molar-refractivity contribution in [2.24, 2.45) is 0 Å². The van der Waals surface area contributed by atoms with Crippen LogP contribution in [0.3, 0.4) is 0 Å². The molecular weight excluding hydrogens is 249 g/mol. The summed E-state index contributed by atoms with van der Waals surface area (Å²) >= 11 is 6.89. The highest BCUT2D eigenvalue weighted by atomic mass is 35.5. The van der Waals surface area contributed by atoms with E-state index >= 15 is 0 Å². The molecule has 0 N–H and O–H groups in total. The minimum Gasteiger partial charge on any atom is -0.192 e. The molecule has 0 spiro atoms. The minimum atomic E-state index is -5.68. The molecule has 78 valence electrons. The number of halogens is 8. The molecule has 0 bridgehead atoms. The predicted molar refractivity (Wildman–Crippen MR) is 34.4 cm³/mol. The summed E-state index contributed by atoms with van der Waals surface area (Å²) in [5.74, 6) is -5.58. The van der Waals surface area contributed by atoms with Crippen molar-refractivity contribution in [3.8, 4) is 0 Å². The van der Waals surface area contributed by atoms with Crippen molar-refractivity contribution in [1.29, 1.82) is 0 Å². The first-order valence-corrected chi connectivity index (χ1v) is 3.25. The van der Waals surface area contributed by atoms with E-state index in [1.165, 1.54) is 0 Å². The normalized spacial score (nSPS) is 14.5. The van der Waals surface area contributed by atoms with Crippen molar-refractivity contribution in [1.82, 2.24) is 0 Å². The fraction of sp³-hybridized carbons (Fsp3) is 0.750. The molecule has 0 radical (unpaired) electrons. The van der Waals surface area contributed by atoms with E-state index in [0.29, 0.717) is 0 Å². The van der Waals surface area contributed by atoms with Crippen molar-refractivity contribution < 1.29 is 30.7 Å². The Kier molecular flexibility index (Phi) is 3.20. The fourth-order valence-corrected chi connectivity index (χ4v) is 0.585. The predicted octanol–water partition coefficient (Wildman–Crippen LogP) is 3.39. The molecule has 0 aliphatic rings. The molecule has 0 amide bonds. The highest BCUT2D eigenvalue weighted by Gasteiger charge is 2.65. The standard InChI is InChI=1S/C4ClF7S/c5-4(11,12)2(6,7)1(13)3(8,9)10. The topological polar surface area (TPSA) is 0 Å². The van der Waals surface area contributed by atoms with Crippen LogP contribution in [0, 0.1) is 0 Å². The van der Waals surface area contributed by atoms with E-state index in [-0.39, 0.29) is 0 Å². The molecular formula is C4ClF7S. The second-order valence-electron chi connectivity index (χ2n) is 1.90. The van der Waals surface area contributed by atoms with E-state index in [2.05, 4.69) is 23.8 Å². The van der Waals surface area contributed by atoms with Gasteiger partial charge in [0.25, 0.3) is 0 Å². The molecule has 0 aliphatic heterocycles. The molecule has 0 saturated carbocycles. The molecule has 0 unspecified atom stereocenters. The maximum absolute atomic E-state index is 12.1. The monoisotopic (exact) mass is 248 g/mol. The Morgan fingerprint density at radius 2 is 1.23 bits per heavy atom. The Morgan fingerprint density at radius 1 is 0.923 bits per heavy atom. The van der Waals surface area contributed by atoms with E-state index < -0.39 is 22.3 Å². The molecule has 9 heteroatoms. The average Bonchev–Trinajstić information content (AvgIpc) is 1.81. The summed E-state index contributed by atoms with van der Waals surface area (Å²) in [6, 6.07) is 0. The highest BCUT2D eigenvalue weighted by molar-refractivity contribution is 7.80. The first-order valence-electron chi connectivity index (χ1n) is 2.47. The minimum absolute atomic E-state index is 3.04. The SMILES string of the molecule is FC(F)(F)C(=S)C(F)(F)C(F)(F)Cl. The Labute approximate surface area is 77.7 Å². The number of hydrogen-bond acceptors (Lipinski definition) is 1. The van der Waals surface area contributed by atoms with Crippen LogP contribution in [0.25, 0.3) is 0 Å². The van der Waals surface area contributed by atoms with Gasteiger partial charge in [-0.3, -0.25) is 0 Å². The van der Waals surface area contributed by atoms with Crippen molar-refractivity contribution in [3.63, 3.8) is 0 Å². The second-order valence-corrected chi connectivity index (χ2v) is 2.78. The third-order valence-corrected chi connectivity index (χ3v) is 1.62. The fourth-order valence-electron chi connectivity index (χ4n) is 0.307. The van der Waals surface area contributed by atoms with Crippen molar-refractivity contribution >= 4 is 28.7 Å². The van der Waals surface area contributed by atoms with Gasteiger partial charge >= 0.3 is 17.5 Å². The number of thiocarbonyl (C=S) groups is 1. The van der Waals surface area contributed by atoms with Crippen LogP contribution in [-0.2, 0) is 0 Å². The van der Waals surface area contributed by atoms with Crippen molar-refractivity contribution in [2.75, 3.05) is 0 Å². The lowest BCUT2D eigenvalue weighted by molar-refractivity contribution is -0.135. The van der Waals surface area contributed by atoms with E-state index in [0.717, 1.165) is 0 Å². The summed E-state index contributed by atoms with van der Waals surface area (Å²) < 4.78 is 82.0. The van der Waals surface area contributed by atoms with Gasteiger partial charge < -0.3 is 0 Å². The van der Waals surface area contributed by atoms with Crippen LogP contribution in [0.2, 0.25) is 0 Å². The van der Waals surface area contributed by atoms with Crippen LogP contribution < -0.4 is 0 Å². The zero-order chi connectivity index (χ0) is 11.1. The van der Waals surface area contributed by atoms with Gasteiger partial charge in [0.15, 0.2) is 4.86 Å². The summed E-state index contributed by atoms with van der Waals surface area (Å²) in [5, 5.41) is -5.35. The smallest absolute Gasteiger partial charge is 0.192 e. The molecule has 13 heavy (non-hydrogen) atoms. The quantitative estimate of drug-likeness (QED) is 0.410. The van der Waals surface area contributed by atoms with Gasteiger partial charge in [-0.05, 0) is 11.6 Å². The van der Waals surface area contributed by atoms with Crippen molar-refractivity contribution in [2.45, 2.75) is 17.5 Å². The van der Waals surface area contributed by atoms with Gasteiger partial charge in [0.2, 0.25) is 0 Å². The maximum atomic E-state index is 12.1. The van der Waals surface area contributed by atoms with Crippen molar-refractivity contribution in [3.05, 3.63) is 0 Å². The largest absolute Gasteiger partial charge is 0.428 e. The molecule has 0 aromatic carbocycles. The van der Waals surface area contributed by atoms with Gasteiger partial charge in [-0.25, -0.2) is 0 Å². The molecule has 0 heterocycles.